The Kier molecular flexibility index (Phi) is 9.28. The first-order chi connectivity index (χ1) is 35.1. The van der Waals surface area contributed by atoms with E-state index in [2.05, 4.69) is 273 Å². The molecule has 2 heteroatoms. The van der Waals surface area contributed by atoms with E-state index in [1.165, 1.54) is 77.9 Å². The summed E-state index contributed by atoms with van der Waals surface area (Å²) in [6.45, 7) is 2.38. The summed E-state index contributed by atoms with van der Waals surface area (Å²) in [6.07, 6.45) is 0. The van der Waals surface area contributed by atoms with Crippen molar-refractivity contribution < 1.29 is 4.42 Å². The minimum atomic E-state index is -0.467. The highest BCUT2D eigenvalue weighted by atomic mass is 16.3. The van der Waals surface area contributed by atoms with Crippen molar-refractivity contribution in [3.05, 3.63) is 306 Å². The number of rotatable bonds is 8. The fourth-order valence-electron chi connectivity index (χ4n) is 12.4. The van der Waals surface area contributed by atoms with Crippen LogP contribution in [0.15, 0.2) is 271 Å². The van der Waals surface area contributed by atoms with Gasteiger partial charge in [0.15, 0.2) is 0 Å². The molecule has 334 valence electrons. The van der Waals surface area contributed by atoms with Gasteiger partial charge in [0.05, 0.1) is 16.5 Å². The van der Waals surface area contributed by atoms with Crippen LogP contribution in [0.25, 0.3) is 66.4 Å². The van der Waals surface area contributed by atoms with Crippen molar-refractivity contribution in [1.82, 2.24) is 0 Å². The van der Waals surface area contributed by atoms with Crippen molar-refractivity contribution >= 4 is 39.0 Å². The van der Waals surface area contributed by atoms with Gasteiger partial charge < -0.3 is 9.32 Å². The summed E-state index contributed by atoms with van der Waals surface area (Å²) in [5, 5.41) is 2.18. The van der Waals surface area contributed by atoms with Crippen LogP contribution in [0.3, 0.4) is 0 Å². The molecule has 2 aliphatic carbocycles. The van der Waals surface area contributed by atoms with E-state index in [1.54, 1.807) is 0 Å². The Labute approximate surface area is 414 Å². The van der Waals surface area contributed by atoms with Crippen LogP contribution in [0.1, 0.15) is 45.9 Å². The van der Waals surface area contributed by atoms with Crippen molar-refractivity contribution in [2.45, 2.75) is 17.8 Å². The molecule has 0 radical (unpaired) electrons. The number of hydrogen-bond donors (Lipinski definition) is 0. The predicted molar refractivity (Wildman–Crippen MR) is 294 cm³/mol. The minimum absolute atomic E-state index is 0.268. The molecule has 0 bridgehead atoms. The second-order valence-electron chi connectivity index (χ2n) is 19.3. The van der Waals surface area contributed by atoms with Gasteiger partial charge in [-0.1, -0.05) is 212 Å². The second kappa shape index (κ2) is 16.1. The first-order valence-electron chi connectivity index (χ1n) is 24.7. The van der Waals surface area contributed by atoms with E-state index in [4.69, 9.17) is 4.42 Å². The van der Waals surface area contributed by atoms with E-state index in [0.717, 1.165) is 44.6 Å². The van der Waals surface area contributed by atoms with E-state index in [-0.39, 0.29) is 5.41 Å². The lowest BCUT2D eigenvalue weighted by atomic mass is 9.67. The number of hydrogen-bond acceptors (Lipinski definition) is 2. The maximum absolute atomic E-state index is 6.49. The van der Waals surface area contributed by atoms with Gasteiger partial charge in [-0.2, -0.15) is 0 Å². The Morgan fingerprint density at radius 3 is 1.39 bits per heavy atom. The fraction of sp³-hybridized carbons (Fsp3) is 0.0435. The van der Waals surface area contributed by atoms with E-state index in [1.807, 2.05) is 6.07 Å². The highest BCUT2D eigenvalue weighted by Gasteiger charge is 2.46. The Bertz CT molecular complexity index is 3940. The summed E-state index contributed by atoms with van der Waals surface area (Å²) in [5.74, 6) is 0. The van der Waals surface area contributed by atoms with Gasteiger partial charge in [-0.15, -0.1) is 0 Å². The largest absolute Gasteiger partial charge is 0.456 e. The number of anilines is 3. The van der Waals surface area contributed by atoms with Crippen LogP contribution >= 0.6 is 0 Å². The van der Waals surface area contributed by atoms with Gasteiger partial charge in [-0.25, -0.2) is 0 Å². The molecule has 2 nitrogen and oxygen atoms in total. The normalized spacial score (nSPS) is 15.0. The first-order valence-corrected chi connectivity index (χ1v) is 24.7. The third-order valence-corrected chi connectivity index (χ3v) is 15.7. The van der Waals surface area contributed by atoms with Crippen molar-refractivity contribution in [1.29, 1.82) is 0 Å². The molecule has 11 aromatic carbocycles. The van der Waals surface area contributed by atoms with Gasteiger partial charge in [0.2, 0.25) is 0 Å². The molecule has 1 unspecified atom stereocenters. The zero-order valence-corrected chi connectivity index (χ0v) is 39.3. The highest BCUT2D eigenvalue weighted by molar-refractivity contribution is 6.13. The zero-order valence-electron chi connectivity index (χ0n) is 39.3. The molecule has 12 aromatic rings. The molecule has 0 fully saturated rings. The average molecular weight is 906 g/mol. The van der Waals surface area contributed by atoms with Crippen LogP contribution in [0.2, 0.25) is 0 Å². The summed E-state index contributed by atoms with van der Waals surface area (Å²) in [7, 11) is 0. The molecule has 0 spiro atoms. The van der Waals surface area contributed by atoms with Crippen LogP contribution in [0.5, 0.6) is 0 Å². The molecule has 0 saturated heterocycles. The first kappa shape index (κ1) is 41.0. The van der Waals surface area contributed by atoms with E-state index in [0.29, 0.717) is 0 Å². The van der Waals surface area contributed by atoms with Gasteiger partial charge in [0, 0.05) is 22.2 Å². The van der Waals surface area contributed by atoms with Crippen molar-refractivity contribution in [3.8, 4) is 44.5 Å². The Hall–Kier alpha value is -8.98. The summed E-state index contributed by atoms with van der Waals surface area (Å²) in [4.78, 5) is 2.39. The molecule has 0 saturated carbocycles. The third kappa shape index (κ3) is 6.14. The van der Waals surface area contributed by atoms with Crippen LogP contribution in [0, 0.1) is 0 Å². The monoisotopic (exact) mass is 905 g/mol. The van der Waals surface area contributed by atoms with Gasteiger partial charge >= 0.3 is 0 Å². The Morgan fingerprint density at radius 1 is 0.324 bits per heavy atom. The Balaban J connectivity index is 0.884. The van der Waals surface area contributed by atoms with Crippen molar-refractivity contribution in [3.63, 3.8) is 0 Å². The molecule has 2 aliphatic rings. The van der Waals surface area contributed by atoms with Crippen LogP contribution < -0.4 is 4.90 Å². The highest BCUT2D eigenvalue weighted by Crippen LogP contribution is 2.57. The van der Waals surface area contributed by atoms with Gasteiger partial charge in [-0.3, -0.25) is 0 Å². The zero-order chi connectivity index (χ0) is 47.1. The van der Waals surface area contributed by atoms with Gasteiger partial charge in [-0.05, 0) is 145 Å². The average Bonchev–Trinajstić information content (AvgIpc) is 4.07. The molecule has 0 N–H and O–H groups in total. The van der Waals surface area contributed by atoms with Gasteiger partial charge in [0.25, 0.3) is 0 Å². The Morgan fingerprint density at radius 2 is 0.775 bits per heavy atom. The number of benzene rings is 11. The molecule has 0 amide bonds. The molecular weight excluding hydrogens is 859 g/mol. The summed E-state index contributed by atoms with van der Waals surface area (Å²) in [5.41, 5.74) is 23.2. The number of para-hydroxylation sites is 1. The quantitative estimate of drug-likeness (QED) is 0.151. The van der Waals surface area contributed by atoms with Crippen LogP contribution in [0.4, 0.5) is 17.1 Å². The summed E-state index contributed by atoms with van der Waals surface area (Å²) < 4.78 is 6.49. The van der Waals surface area contributed by atoms with Gasteiger partial charge in [0.1, 0.15) is 11.2 Å². The SMILES string of the molecule is CC1(c2ccccc2)c2ccccc2-c2ccc(-c3ccc(N(c4ccc(-c5ccc6c(c5)C(c5ccccc5)(c5ccccc5)c5ccccc5-6)cc4)c4cccc5oc6ccccc6c45)cc3)cc21. The summed E-state index contributed by atoms with van der Waals surface area (Å²) in [6, 6.07) is 98.0. The van der Waals surface area contributed by atoms with E-state index in [9.17, 15) is 0 Å². The molecule has 0 aliphatic heterocycles. The van der Waals surface area contributed by atoms with Crippen LogP contribution in [-0.2, 0) is 10.8 Å². The molecule has 71 heavy (non-hydrogen) atoms. The maximum atomic E-state index is 6.49. The van der Waals surface area contributed by atoms with Crippen molar-refractivity contribution in [2.75, 3.05) is 4.90 Å². The molecule has 1 atom stereocenters. The third-order valence-electron chi connectivity index (χ3n) is 15.7. The lowest BCUT2D eigenvalue weighted by Gasteiger charge is -2.34. The molecule has 1 aromatic heterocycles. The molecule has 14 rings (SSSR count). The smallest absolute Gasteiger partial charge is 0.137 e. The lowest BCUT2D eigenvalue weighted by molar-refractivity contribution is 0.669. The lowest BCUT2D eigenvalue weighted by Crippen LogP contribution is -2.28. The number of fused-ring (bicyclic) bond motifs is 9. The van der Waals surface area contributed by atoms with Crippen molar-refractivity contribution in [2.24, 2.45) is 0 Å². The predicted octanol–water partition coefficient (Wildman–Crippen LogP) is 18.1. The standard InChI is InChI=1S/C69H47NO/c1-68(50-18-5-2-6-19-50)60-27-14-11-24-55(60)57-42-36-48(44-62(57)68)46-32-38-53(39-33-46)70(64-29-17-31-66-67(64)59-26-13-16-30-65(59)71-66)54-40-34-47(35-41-54)49-37-43-58-56-25-12-15-28-61(56)69(63(58)45-49,51-20-7-3-8-21-51)52-22-9-4-10-23-52/h2-45H,1H3. The van der Waals surface area contributed by atoms with Crippen LogP contribution in [-0.4, -0.2) is 0 Å². The maximum Gasteiger partial charge on any atom is 0.137 e. The van der Waals surface area contributed by atoms with E-state index >= 15 is 0 Å². The second-order valence-corrected chi connectivity index (χ2v) is 19.3. The topological polar surface area (TPSA) is 16.4 Å². The molecular formula is C69H47NO. The fourth-order valence-corrected chi connectivity index (χ4v) is 12.4. The number of nitrogens with zero attached hydrogens (tertiary/aromatic N) is 1. The van der Waals surface area contributed by atoms with E-state index < -0.39 is 5.41 Å². The molecule has 1 heterocycles. The minimum Gasteiger partial charge on any atom is -0.456 e. The summed E-state index contributed by atoms with van der Waals surface area (Å²) >= 11 is 0. The number of furan rings is 1.